The molecule has 4 heteroatoms. The standard InChI is InChI=1S/C16H23ClN2O/c1-2-9-19-10-7-15(8-11-19)18-16(20)12-13-3-5-14(17)6-4-13/h3-6,15H,2,7-12H2,1H3,(H,18,20). The highest BCUT2D eigenvalue weighted by atomic mass is 35.5. The highest BCUT2D eigenvalue weighted by molar-refractivity contribution is 6.30. The van der Waals surface area contributed by atoms with Gasteiger partial charge < -0.3 is 10.2 Å². The van der Waals surface area contributed by atoms with Gasteiger partial charge in [0.25, 0.3) is 0 Å². The van der Waals surface area contributed by atoms with Crippen LogP contribution in [0.25, 0.3) is 0 Å². The minimum atomic E-state index is 0.112. The van der Waals surface area contributed by atoms with Crippen molar-refractivity contribution in [1.82, 2.24) is 10.2 Å². The fraction of sp³-hybridized carbons (Fsp3) is 0.562. The molecule has 1 aliphatic heterocycles. The van der Waals surface area contributed by atoms with Gasteiger partial charge in [-0.05, 0) is 43.5 Å². The summed E-state index contributed by atoms with van der Waals surface area (Å²) in [6.45, 7) is 5.57. The van der Waals surface area contributed by atoms with Gasteiger partial charge in [-0.1, -0.05) is 30.7 Å². The van der Waals surface area contributed by atoms with E-state index in [4.69, 9.17) is 11.6 Å². The third-order valence-electron chi connectivity index (χ3n) is 3.77. The van der Waals surface area contributed by atoms with Crippen LogP contribution < -0.4 is 5.32 Å². The molecular weight excluding hydrogens is 272 g/mol. The van der Waals surface area contributed by atoms with Gasteiger partial charge in [-0.25, -0.2) is 0 Å². The molecule has 0 bridgehead atoms. The second kappa shape index (κ2) is 7.65. The van der Waals surface area contributed by atoms with Gasteiger partial charge in [0.05, 0.1) is 6.42 Å². The minimum absolute atomic E-state index is 0.112. The van der Waals surface area contributed by atoms with Crippen molar-refractivity contribution < 1.29 is 4.79 Å². The fourth-order valence-corrected chi connectivity index (χ4v) is 2.81. The van der Waals surface area contributed by atoms with Gasteiger partial charge in [0.15, 0.2) is 0 Å². The Labute approximate surface area is 126 Å². The highest BCUT2D eigenvalue weighted by Crippen LogP contribution is 2.12. The van der Waals surface area contributed by atoms with Gasteiger partial charge in [0.1, 0.15) is 0 Å². The molecule has 0 atom stereocenters. The normalized spacial score (nSPS) is 17.1. The average Bonchev–Trinajstić information content (AvgIpc) is 2.44. The molecule has 0 radical (unpaired) electrons. The molecule has 2 rings (SSSR count). The third-order valence-corrected chi connectivity index (χ3v) is 4.02. The number of carbonyl (C=O) groups is 1. The van der Waals surface area contributed by atoms with E-state index < -0.39 is 0 Å². The van der Waals surface area contributed by atoms with Crippen LogP contribution in [0, 0.1) is 0 Å². The predicted octanol–water partition coefficient (Wildman–Crippen LogP) is 2.87. The quantitative estimate of drug-likeness (QED) is 0.906. The number of carbonyl (C=O) groups excluding carboxylic acids is 1. The maximum atomic E-state index is 12.0. The van der Waals surface area contributed by atoms with Crippen LogP contribution >= 0.6 is 11.6 Å². The topological polar surface area (TPSA) is 32.3 Å². The van der Waals surface area contributed by atoms with Crippen molar-refractivity contribution in [2.24, 2.45) is 0 Å². The molecule has 20 heavy (non-hydrogen) atoms. The smallest absolute Gasteiger partial charge is 0.224 e. The molecule has 0 spiro atoms. The maximum Gasteiger partial charge on any atom is 0.224 e. The monoisotopic (exact) mass is 294 g/mol. The van der Waals surface area contributed by atoms with Gasteiger partial charge in [0, 0.05) is 24.2 Å². The van der Waals surface area contributed by atoms with E-state index in [2.05, 4.69) is 17.1 Å². The molecule has 0 saturated carbocycles. The van der Waals surface area contributed by atoms with Crippen LogP contribution in [-0.2, 0) is 11.2 Å². The van der Waals surface area contributed by atoms with E-state index in [0.29, 0.717) is 17.5 Å². The van der Waals surface area contributed by atoms with E-state index in [1.807, 2.05) is 24.3 Å². The zero-order valence-corrected chi connectivity index (χ0v) is 12.8. The Morgan fingerprint density at radius 2 is 1.95 bits per heavy atom. The first-order valence-electron chi connectivity index (χ1n) is 7.43. The highest BCUT2D eigenvalue weighted by Gasteiger charge is 2.19. The lowest BCUT2D eigenvalue weighted by Crippen LogP contribution is -2.45. The number of hydrogen-bond acceptors (Lipinski definition) is 2. The minimum Gasteiger partial charge on any atom is -0.353 e. The second-order valence-corrected chi connectivity index (χ2v) is 5.92. The van der Waals surface area contributed by atoms with E-state index in [1.165, 1.54) is 13.0 Å². The Morgan fingerprint density at radius 1 is 1.30 bits per heavy atom. The summed E-state index contributed by atoms with van der Waals surface area (Å²) in [5.41, 5.74) is 1.01. The molecule has 0 unspecified atom stereocenters. The molecule has 1 aromatic carbocycles. The number of benzene rings is 1. The Morgan fingerprint density at radius 3 is 2.55 bits per heavy atom. The van der Waals surface area contributed by atoms with E-state index in [0.717, 1.165) is 31.5 Å². The van der Waals surface area contributed by atoms with Crippen LogP contribution in [-0.4, -0.2) is 36.5 Å². The summed E-state index contributed by atoms with van der Waals surface area (Å²) in [5, 5.41) is 3.85. The number of halogens is 1. The molecule has 0 aromatic heterocycles. The van der Waals surface area contributed by atoms with Gasteiger partial charge in [-0.15, -0.1) is 0 Å². The molecule has 1 N–H and O–H groups in total. The molecule has 1 aliphatic rings. The number of piperidine rings is 1. The van der Waals surface area contributed by atoms with Crippen molar-refractivity contribution in [2.75, 3.05) is 19.6 Å². The molecular formula is C16H23ClN2O. The molecule has 1 fully saturated rings. The lowest BCUT2D eigenvalue weighted by Gasteiger charge is -2.32. The molecule has 110 valence electrons. The summed E-state index contributed by atoms with van der Waals surface area (Å²) in [4.78, 5) is 14.5. The van der Waals surface area contributed by atoms with Crippen LogP contribution in [0.15, 0.2) is 24.3 Å². The largest absolute Gasteiger partial charge is 0.353 e. The zero-order chi connectivity index (χ0) is 14.4. The Balaban J connectivity index is 1.74. The lowest BCUT2D eigenvalue weighted by molar-refractivity contribution is -0.121. The molecule has 1 aromatic rings. The van der Waals surface area contributed by atoms with Gasteiger partial charge in [0.2, 0.25) is 5.91 Å². The van der Waals surface area contributed by atoms with Crippen LogP contribution in [0.1, 0.15) is 31.7 Å². The molecule has 0 aliphatic carbocycles. The van der Waals surface area contributed by atoms with E-state index in [-0.39, 0.29) is 5.91 Å². The first kappa shape index (κ1) is 15.3. The van der Waals surface area contributed by atoms with Crippen molar-refractivity contribution in [3.05, 3.63) is 34.9 Å². The Bertz CT molecular complexity index is 425. The van der Waals surface area contributed by atoms with Crippen LogP contribution in [0.5, 0.6) is 0 Å². The zero-order valence-electron chi connectivity index (χ0n) is 12.1. The van der Waals surface area contributed by atoms with Crippen molar-refractivity contribution >= 4 is 17.5 Å². The average molecular weight is 295 g/mol. The van der Waals surface area contributed by atoms with Crippen molar-refractivity contribution in [1.29, 1.82) is 0 Å². The van der Waals surface area contributed by atoms with E-state index in [1.54, 1.807) is 0 Å². The van der Waals surface area contributed by atoms with Crippen LogP contribution in [0.3, 0.4) is 0 Å². The van der Waals surface area contributed by atoms with Crippen molar-refractivity contribution in [3.63, 3.8) is 0 Å². The summed E-state index contributed by atoms with van der Waals surface area (Å²) in [7, 11) is 0. The number of nitrogens with one attached hydrogen (secondary N) is 1. The summed E-state index contributed by atoms with van der Waals surface area (Å²) in [5.74, 6) is 0.112. The van der Waals surface area contributed by atoms with Crippen LogP contribution in [0.2, 0.25) is 5.02 Å². The molecule has 1 heterocycles. The van der Waals surface area contributed by atoms with Crippen molar-refractivity contribution in [2.45, 2.75) is 38.6 Å². The number of amides is 1. The number of nitrogens with zero attached hydrogens (tertiary/aromatic N) is 1. The summed E-state index contributed by atoms with van der Waals surface area (Å²) in [6, 6.07) is 7.81. The van der Waals surface area contributed by atoms with Crippen LogP contribution in [0.4, 0.5) is 0 Å². The van der Waals surface area contributed by atoms with Gasteiger partial charge >= 0.3 is 0 Å². The lowest BCUT2D eigenvalue weighted by atomic mass is 10.0. The Hall–Kier alpha value is -1.06. The number of likely N-dealkylation sites (tertiary alicyclic amines) is 1. The fourth-order valence-electron chi connectivity index (χ4n) is 2.68. The maximum absolute atomic E-state index is 12.0. The first-order valence-corrected chi connectivity index (χ1v) is 7.81. The van der Waals surface area contributed by atoms with Crippen molar-refractivity contribution in [3.8, 4) is 0 Å². The molecule has 3 nitrogen and oxygen atoms in total. The number of rotatable bonds is 5. The summed E-state index contributed by atoms with van der Waals surface area (Å²) in [6.07, 6.45) is 3.76. The first-order chi connectivity index (χ1) is 9.67. The van der Waals surface area contributed by atoms with Gasteiger partial charge in [-0.2, -0.15) is 0 Å². The molecule has 1 saturated heterocycles. The van der Waals surface area contributed by atoms with E-state index in [9.17, 15) is 4.79 Å². The van der Waals surface area contributed by atoms with E-state index >= 15 is 0 Å². The Kier molecular flexibility index (Phi) is 5.86. The SMILES string of the molecule is CCCN1CCC(NC(=O)Cc2ccc(Cl)cc2)CC1. The summed E-state index contributed by atoms with van der Waals surface area (Å²) < 4.78 is 0. The molecule has 1 amide bonds. The third kappa shape index (κ3) is 4.80. The summed E-state index contributed by atoms with van der Waals surface area (Å²) >= 11 is 5.84. The second-order valence-electron chi connectivity index (χ2n) is 5.49. The predicted molar refractivity (Wildman–Crippen MR) is 83.1 cm³/mol. The number of hydrogen-bond donors (Lipinski definition) is 1. The van der Waals surface area contributed by atoms with Gasteiger partial charge in [-0.3, -0.25) is 4.79 Å².